The maximum absolute atomic E-state index is 12.3. The molecular weight excluding hydrogens is 256 g/mol. The van der Waals surface area contributed by atoms with Crippen molar-refractivity contribution in [1.82, 2.24) is 0 Å². The molecule has 20 heavy (non-hydrogen) atoms. The molecule has 4 nitrogen and oxygen atoms in total. The molecule has 2 aliphatic carbocycles. The summed E-state index contributed by atoms with van der Waals surface area (Å²) in [6.45, 7) is 7.94. The van der Waals surface area contributed by atoms with Gasteiger partial charge >= 0.3 is 5.97 Å². The van der Waals surface area contributed by atoms with E-state index in [0.29, 0.717) is 12.0 Å². The highest BCUT2D eigenvalue weighted by Gasteiger charge is 2.77. The summed E-state index contributed by atoms with van der Waals surface area (Å²) in [5.41, 5.74) is -0.475. The maximum atomic E-state index is 12.3. The van der Waals surface area contributed by atoms with Crippen LogP contribution < -0.4 is 0 Å². The van der Waals surface area contributed by atoms with Crippen LogP contribution in [0.25, 0.3) is 0 Å². The predicted octanol–water partition coefficient (Wildman–Crippen LogP) is 2.41. The molecule has 3 rings (SSSR count). The zero-order valence-electron chi connectivity index (χ0n) is 12.5. The van der Waals surface area contributed by atoms with E-state index < -0.39 is 5.60 Å². The number of rotatable bonds is 2. The van der Waals surface area contributed by atoms with Crippen LogP contribution in [0.4, 0.5) is 0 Å². The first kappa shape index (κ1) is 13.8. The van der Waals surface area contributed by atoms with Crippen LogP contribution in [0.15, 0.2) is 12.2 Å². The van der Waals surface area contributed by atoms with Gasteiger partial charge < -0.3 is 9.47 Å². The molecule has 0 amide bonds. The minimum Gasteiger partial charge on any atom is -0.466 e. The van der Waals surface area contributed by atoms with Crippen molar-refractivity contribution in [2.45, 2.75) is 57.2 Å². The van der Waals surface area contributed by atoms with Gasteiger partial charge in [-0.3, -0.25) is 4.79 Å². The molecule has 3 fully saturated rings. The summed E-state index contributed by atoms with van der Waals surface area (Å²) in [6.07, 6.45) is 4.01. The molecule has 2 saturated carbocycles. The van der Waals surface area contributed by atoms with Crippen molar-refractivity contribution in [3.8, 4) is 0 Å². The summed E-state index contributed by atoms with van der Waals surface area (Å²) in [4.78, 5) is 24.0. The van der Waals surface area contributed by atoms with E-state index in [-0.39, 0.29) is 28.7 Å². The summed E-state index contributed by atoms with van der Waals surface area (Å²) < 4.78 is 10.8. The molecular formula is C16H22O4. The van der Waals surface area contributed by atoms with Crippen LogP contribution >= 0.6 is 0 Å². The van der Waals surface area contributed by atoms with Crippen molar-refractivity contribution < 1.29 is 19.1 Å². The molecule has 0 radical (unpaired) electrons. The number of ether oxygens (including phenoxy) is 2. The lowest BCUT2D eigenvalue weighted by molar-refractivity contribution is -0.363. The number of hydrogen-bond donors (Lipinski definition) is 0. The maximum Gasteiger partial charge on any atom is 0.333 e. The third-order valence-electron chi connectivity index (χ3n) is 6.17. The Morgan fingerprint density at radius 1 is 1.40 bits per heavy atom. The van der Waals surface area contributed by atoms with Crippen LogP contribution in [-0.2, 0) is 19.1 Å². The van der Waals surface area contributed by atoms with Crippen molar-refractivity contribution >= 4 is 11.8 Å². The topological polar surface area (TPSA) is 52.6 Å². The normalized spacial score (nSPS) is 46.1. The van der Waals surface area contributed by atoms with Crippen LogP contribution in [0.2, 0.25) is 0 Å². The second-order valence-electron chi connectivity index (χ2n) is 6.83. The lowest BCUT2D eigenvalue weighted by Crippen LogP contribution is -2.79. The highest BCUT2D eigenvalue weighted by atomic mass is 16.6. The van der Waals surface area contributed by atoms with E-state index in [2.05, 4.69) is 13.5 Å². The Morgan fingerprint density at radius 3 is 2.75 bits per heavy atom. The zero-order chi connectivity index (χ0) is 14.8. The van der Waals surface area contributed by atoms with Gasteiger partial charge in [-0.1, -0.05) is 6.58 Å². The second kappa shape index (κ2) is 3.94. The monoisotopic (exact) mass is 278 g/mol. The largest absolute Gasteiger partial charge is 0.466 e. The highest BCUT2D eigenvalue weighted by molar-refractivity contribution is 5.92. The molecule has 0 aromatic heterocycles. The molecule has 1 spiro atoms. The molecule has 1 heterocycles. The average molecular weight is 278 g/mol. The molecule has 0 unspecified atom stereocenters. The number of carbonyl (C=O) groups is 2. The first-order valence-corrected chi connectivity index (χ1v) is 7.30. The molecule has 0 aromatic carbocycles. The summed E-state index contributed by atoms with van der Waals surface area (Å²) in [7, 11) is 1.38. The number of carbonyl (C=O) groups excluding carboxylic acids is 2. The quantitative estimate of drug-likeness (QED) is 0.575. The first-order valence-electron chi connectivity index (χ1n) is 7.30. The van der Waals surface area contributed by atoms with Gasteiger partial charge in [0.1, 0.15) is 5.60 Å². The van der Waals surface area contributed by atoms with Gasteiger partial charge in [-0.2, -0.15) is 0 Å². The van der Waals surface area contributed by atoms with Crippen molar-refractivity contribution in [3.63, 3.8) is 0 Å². The van der Waals surface area contributed by atoms with E-state index in [1.165, 1.54) is 7.11 Å². The van der Waals surface area contributed by atoms with E-state index in [1.807, 2.05) is 6.92 Å². The molecule has 4 atom stereocenters. The lowest BCUT2D eigenvalue weighted by atomic mass is 9.49. The zero-order valence-corrected chi connectivity index (χ0v) is 12.5. The van der Waals surface area contributed by atoms with E-state index in [0.717, 1.165) is 25.7 Å². The third-order valence-corrected chi connectivity index (χ3v) is 6.17. The number of esters is 1. The Labute approximate surface area is 119 Å². The molecule has 3 aliphatic rings. The molecule has 2 bridgehead atoms. The van der Waals surface area contributed by atoms with Crippen LogP contribution in [0.3, 0.4) is 0 Å². The first-order chi connectivity index (χ1) is 9.30. The number of ketones is 1. The molecule has 0 N–H and O–H groups in total. The van der Waals surface area contributed by atoms with Crippen LogP contribution in [0.1, 0.15) is 46.0 Å². The van der Waals surface area contributed by atoms with Crippen molar-refractivity contribution in [2.75, 3.05) is 7.11 Å². The Morgan fingerprint density at radius 2 is 2.10 bits per heavy atom. The van der Waals surface area contributed by atoms with E-state index in [4.69, 9.17) is 9.47 Å². The predicted molar refractivity (Wildman–Crippen MR) is 73.1 cm³/mol. The van der Waals surface area contributed by atoms with Gasteiger partial charge in [0.15, 0.2) is 5.78 Å². The smallest absolute Gasteiger partial charge is 0.333 e. The SMILES string of the molecule is C=C(C(=O)OC)[C@@H]1CC[C@@]2(C1)[C@@]1(C)CCC(=O)[C@]2(C)O1. The fourth-order valence-electron chi connectivity index (χ4n) is 4.86. The molecule has 1 aliphatic heterocycles. The van der Waals surface area contributed by atoms with Gasteiger partial charge in [-0.15, -0.1) is 0 Å². The van der Waals surface area contributed by atoms with Crippen molar-refractivity contribution in [2.24, 2.45) is 11.3 Å². The standard InChI is InChI=1S/C16H22O4/c1-10(13(18)19-4)11-5-8-16(9-11)14(2)7-6-12(17)15(16,3)20-14/h11H,1,5-9H2,2-4H3/t11-,14-,15+,16-/m1/s1. The van der Waals surface area contributed by atoms with Gasteiger partial charge in [-0.25, -0.2) is 4.79 Å². The fourth-order valence-corrected chi connectivity index (χ4v) is 4.86. The summed E-state index contributed by atoms with van der Waals surface area (Å²) >= 11 is 0. The fraction of sp³-hybridized carbons (Fsp3) is 0.750. The minimum absolute atomic E-state index is 0.107. The van der Waals surface area contributed by atoms with Crippen LogP contribution in [0.5, 0.6) is 0 Å². The van der Waals surface area contributed by atoms with Gasteiger partial charge in [0.05, 0.1) is 12.7 Å². The number of Topliss-reactive ketones (excluding diaryl/α,β-unsaturated/α-hetero) is 1. The summed E-state index contributed by atoms with van der Waals surface area (Å²) in [6, 6.07) is 0. The average Bonchev–Trinajstić information content (AvgIpc) is 2.89. The van der Waals surface area contributed by atoms with E-state index in [9.17, 15) is 9.59 Å². The van der Waals surface area contributed by atoms with Crippen LogP contribution in [0, 0.1) is 11.3 Å². The van der Waals surface area contributed by atoms with Gasteiger partial charge in [0.2, 0.25) is 0 Å². The second-order valence-corrected chi connectivity index (χ2v) is 6.83. The lowest BCUT2D eigenvalue weighted by Gasteiger charge is -2.70. The number of methoxy groups -OCH3 is 1. The Balaban J connectivity index is 1.87. The van der Waals surface area contributed by atoms with Gasteiger partial charge in [0, 0.05) is 17.4 Å². The molecule has 1 saturated heterocycles. The molecule has 4 heteroatoms. The summed E-state index contributed by atoms with van der Waals surface area (Å²) in [5.74, 6) is -0.0134. The Kier molecular flexibility index (Phi) is 2.72. The van der Waals surface area contributed by atoms with Crippen LogP contribution in [-0.4, -0.2) is 30.1 Å². The summed E-state index contributed by atoms with van der Waals surface area (Å²) in [5, 5.41) is 0. The Bertz CT molecular complexity index is 511. The number of hydrogen-bond acceptors (Lipinski definition) is 4. The molecule has 0 aromatic rings. The van der Waals surface area contributed by atoms with Crippen molar-refractivity contribution in [1.29, 1.82) is 0 Å². The van der Waals surface area contributed by atoms with Gasteiger partial charge in [-0.05, 0) is 45.4 Å². The minimum atomic E-state index is -0.662. The van der Waals surface area contributed by atoms with E-state index in [1.54, 1.807) is 0 Å². The van der Waals surface area contributed by atoms with E-state index >= 15 is 0 Å². The van der Waals surface area contributed by atoms with Gasteiger partial charge in [0.25, 0.3) is 0 Å². The highest BCUT2D eigenvalue weighted by Crippen LogP contribution is 2.71. The Hall–Kier alpha value is -1.16. The molecule has 110 valence electrons. The third kappa shape index (κ3) is 1.36. The van der Waals surface area contributed by atoms with Crippen molar-refractivity contribution in [3.05, 3.63) is 12.2 Å².